The molecule has 0 radical (unpaired) electrons. The number of amides is 2. The van der Waals surface area contributed by atoms with Gasteiger partial charge >= 0.3 is 6.03 Å². The van der Waals surface area contributed by atoms with Crippen LogP contribution in [0.4, 0.5) is 10.5 Å². The second kappa shape index (κ2) is 7.13. The highest BCUT2D eigenvalue weighted by Crippen LogP contribution is 2.36. The number of ether oxygens (including phenoxy) is 1. The first-order valence-corrected chi connectivity index (χ1v) is 11.3. The highest BCUT2D eigenvalue weighted by molar-refractivity contribution is 7.91. The van der Waals surface area contributed by atoms with Gasteiger partial charge in [0, 0.05) is 12.2 Å². The number of rotatable bonds is 5. The number of anilines is 1. The quantitative estimate of drug-likeness (QED) is 0.724. The number of nitrogens with zero attached hydrogens (tertiary/aromatic N) is 2. The summed E-state index contributed by atoms with van der Waals surface area (Å²) in [6, 6.07) is 14.5. The maximum atomic E-state index is 13.3. The Kier molecular flexibility index (Phi) is 4.79. The molecule has 0 aromatic heterocycles. The summed E-state index contributed by atoms with van der Waals surface area (Å²) in [5.74, 6) is 0.733. The van der Waals surface area contributed by atoms with Crippen molar-refractivity contribution in [2.45, 2.75) is 32.0 Å². The molecule has 0 saturated carbocycles. The number of sulfone groups is 1. The summed E-state index contributed by atoms with van der Waals surface area (Å²) in [6.07, 6.45) is 0.913. The number of fused-ring (bicyclic) bond motifs is 1. The highest BCUT2D eigenvalue weighted by atomic mass is 32.2. The maximum Gasteiger partial charge on any atom is 0.325 e. The predicted molar refractivity (Wildman–Crippen MR) is 108 cm³/mol. The zero-order valence-corrected chi connectivity index (χ0v) is 16.9. The number of carbonyl (C=O) groups is 1. The minimum Gasteiger partial charge on any atom is -0.497 e. The second-order valence-electron chi connectivity index (χ2n) is 7.36. The molecule has 2 aliphatic heterocycles. The van der Waals surface area contributed by atoms with Gasteiger partial charge in [-0.25, -0.2) is 13.2 Å². The fourth-order valence-electron chi connectivity index (χ4n) is 4.12. The van der Waals surface area contributed by atoms with Crippen molar-refractivity contribution in [3.8, 4) is 5.75 Å². The average molecular weight is 401 g/mol. The smallest absolute Gasteiger partial charge is 0.325 e. The van der Waals surface area contributed by atoms with Gasteiger partial charge in [-0.1, -0.05) is 31.2 Å². The van der Waals surface area contributed by atoms with Gasteiger partial charge in [0.25, 0.3) is 0 Å². The first-order chi connectivity index (χ1) is 13.4. The number of aryl methyl sites for hydroxylation is 1. The van der Waals surface area contributed by atoms with Gasteiger partial charge in [0.05, 0.1) is 30.7 Å². The third-order valence-corrected chi connectivity index (χ3v) is 7.29. The number of hydrogen-bond donors (Lipinski definition) is 0. The van der Waals surface area contributed by atoms with Crippen LogP contribution in [0.1, 0.15) is 18.1 Å². The van der Waals surface area contributed by atoms with Crippen LogP contribution >= 0.6 is 0 Å². The fraction of sp³-hybridized carbons (Fsp3) is 0.381. The van der Waals surface area contributed by atoms with Gasteiger partial charge in [0.1, 0.15) is 5.75 Å². The van der Waals surface area contributed by atoms with E-state index in [4.69, 9.17) is 4.74 Å². The van der Waals surface area contributed by atoms with E-state index < -0.39 is 9.84 Å². The second-order valence-corrected chi connectivity index (χ2v) is 9.52. The summed E-state index contributed by atoms with van der Waals surface area (Å²) in [7, 11) is -1.58. The van der Waals surface area contributed by atoms with Crippen LogP contribution in [0, 0.1) is 0 Å². The lowest BCUT2D eigenvalue weighted by molar-refractivity contribution is 0.206. The van der Waals surface area contributed by atoms with E-state index >= 15 is 0 Å². The largest absolute Gasteiger partial charge is 0.497 e. The van der Waals surface area contributed by atoms with Crippen molar-refractivity contribution in [2.24, 2.45) is 0 Å². The topological polar surface area (TPSA) is 66.9 Å². The van der Waals surface area contributed by atoms with E-state index in [1.54, 1.807) is 16.9 Å². The Morgan fingerprint density at radius 1 is 1.04 bits per heavy atom. The summed E-state index contributed by atoms with van der Waals surface area (Å²) in [5, 5.41) is 0. The normalized spacial score (nSPS) is 23.1. The number of methoxy groups -OCH3 is 1. The molecule has 2 aromatic carbocycles. The summed E-state index contributed by atoms with van der Waals surface area (Å²) >= 11 is 0. The van der Waals surface area contributed by atoms with Crippen LogP contribution in [0.25, 0.3) is 0 Å². The van der Waals surface area contributed by atoms with Gasteiger partial charge in [0.2, 0.25) is 0 Å². The number of hydrogen-bond acceptors (Lipinski definition) is 4. The molecule has 0 aliphatic carbocycles. The van der Waals surface area contributed by atoms with Crippen LogP contribution in [0.5, 0.6) is 5.75 Å². The Hall–Kier alpha value is -2.54. The Labute approximate surface area is 165 Å². The minimum atomic E-state index is -3.18. The molecule has 2 fully saturated rings. The number of carbonyl (C=O) groups excluding carboxylic acids is 1. The third-order valence-electron chi connectivity index (χ3n) is 5.59. The van der Waals surface area contributed by atoms with Crippen LogP contribution in [0.3, 0.4) is 0 Å². The van der Waals surface area contributed by atoms with Crippen molar-refractivity contribution in [3.05, 3.63) is 59.7 Å². The zero-order chi connectivity index (χ0) is 19.9. The van der Waals surface area contributed by atoms with E-state index in [1.165, 1.54) is 5.56 Å². The summed E-state index contributed by atoms with van der Waals surface area (Å²) in [6.45, 7) is 2.43. The van der Waals surface area contributed by atoms with Crippen molar-refractivity contribution in [3.63, 3.8) is 0 Å². The van der Waals surface area contributed by atoms with E-state index in [0.717, 1.165) is 17.7 Å². The van der Waals surface area contributed by atoms with Gasteiger partial charge < -0.3 is 9.64 Å². The maximum absolute atomic E-state index is 13.3. The minimum absolute atomic E-state index is 0.00749. The molecule has 2 aromatic rings. The van der Waals surface area contributed by atoms with E-state index in [2.05, 4.69) is 6.92 Å². The van der Waals surface area contributed by atoms with Gasteiger partial charge in [-0.2, -0.15) is 0 Å². The molecule has 0 unspecified atom stereocenters. The molecule has 2 atom stereocenters. The van der Waals surface area contributed by atoms with Gasteiger partial charge in [-0.05, 0) is 41.8 Å². The molecule has 4 rings (SSSR count). The third kappa shape index (κ3) is 3.35. The first kappa shape index (κ1) is 18.8. The van der Waals surface area contributed by atoms with Gasteiger partial charge in [-0.3, -0.25) is 4.90 Å². The molecule has 0 spiro atoms. The Morgan fingerprint density at radius 3 is 2.43 bits per heavy atom. The molecule has 148 valence electrons. The SMILES string of the molecule is CCc1ccc(N2C(=O)N(Cc3cccc(OC)c3)[C@H]3CS(=O)(=O)C[C@@H]32)cc1. The molecule has 2 amide bonds. The Bertz CT molecular complexity index is 988. The zero-order valence-electron chi connectivity index (χ0n) is 16.0. The number of benzene rings is 2. The molecule has 6 nitrogen and oxygen atoms in total. The van der Waals surface area contributed by atoms with E-state index in [1.807, 2.05) is 48.5 Å². The Morgan fingerprint density at radius 2 is 1.75 bits per heavy atom. The lowest BCUT2D eigenvalue weighted by Gasteiger charge is -2.23. The molecular weight excluding hydrogens is 376 g/mol. The molecule has 2 aliphatic rings. The van der Waals surface area contributed by atoms with Crippen molar-refractivity contribution in [2.75, 3.05) is 23.5 Å². The van der Waals surface area contributed by atoms with Crippen LogP contribution in [0.15, 0.2) is 48.5 Å². The molecule has 2 saturated heterocycles. The van der Waals surface area contributed by atoms with Crippen LogP contribution in [-0.2, 0) is 22.8 Å². The molecule has 0 bridgehead atoms. The Balaban J connectivity index is 1.67. The predicted octanol–water partition coefficient (Wildman–Crippen LogP) is 2.87. The van der Waals surface area contributed by atoms with Crippen molar-refractivity contribution < 1.29 is 17.9 Å². The molecular formula is C21H24N2O4S. The monoisotopic (exact) mass is 400 g/mol. The fourth-order valence-corrected chi connectivity index (χ4v) is 6.07. The summed E-state index contributed by atoms with van der Waals surface area (Å²) in [4.78, 5) is 16.6. The lowest BCUT2D eigenvalue weighted by Crippen LogP contribution is -2.37. The average Bonchev–Trinajstić information content (AvgIpc) is 3.12. The van der Waals surface area contributed by atoms with Crippen LogP contribution in [0.2, 0.25) is 0 Å². The van der Waals surface area contributed by atoms with Crippen LogP contribution in [-0.4, -0.2) is 50.0 Å². The van der Waals surface area contributed by atoms with Gasteiger partial charge in [-0.15, -0.1) is 0 Å². The first-order valence-electron chi connectivity index (χ1n) is 9.44. The molecule has 0 N–H and O–H groups in total. The summed E-state index contributed by atoms with van der Waals surface area (Å²) in [5.41, 5.74) is 2.85. The van der Waals surface area contributed by atoms with E-state index in [9.17, 15) is 13.2 Å². The lowest BCUT2D eigenvalue weighted by atomic mass is 10.1. The van der Waals surface area contributed by atoms with E-state index in [-0.39, 0.29) is 29.6 Å². The van der Waals surface area contributed by atoms with Crippen molar-refractivity contribution in [1.29, 1.82) is 0 Å². The highest BCUT2D eigenvalue weighted by Gasteiger charge is 2.53. The molecule has 7 heteroatoms. The van der Waals surface area contributed by atoms with E-state index in [0.29, 0.717) is 12.3 Å². The number of urea groups is 1. The van der Waals surface area contributed by atoms with Gasteiger partial charge in [0.15, 0.2) is 9.84 Å². The molecule has 2 heterocycles. The molecule has 28 heavy (non-hydrogen) atoms. The van der Waals surface area contributed by atoms with Crippen molar-refractivity contribution in [1.82, 2.24) is 4.90 Å². The van der Waals surface area contributed by atoms with Crippen LogP contribution < -0.4 is 9.64 Å². The van der Waals surface area contributed by atoms with Crippen molar-refractivity contribution >= 4 is 21.6 Å². The standard InChI is InChI=1S/C21H24N2O4S/c1-3-15-7-9-17(10-8-15)23-20-14-28(25,26)13-19(20)22(21(23)24)12-16-5-4-6-18(11-16)27-2/h4-11,19-20H,3,12-14H2,1-2H3/t19-,20-/m0/s1. The summed E-state index contributed by atoms with van der Waals surface area (Å²) < 4.78 is 30.0.